The summed E-state index contributed by atoms with van der Waals surface area (Å²) >= 11 is 0. The highest BCUT2D eigenvalue weighted by Crippen LogP contribution is 2.23. The number of nitrogens with one attached hydrogen (secondary N) is 1. The predicted molar refractivity (Wildman–Crippen MR) is 79.4 cm³/mol. The molecule has 2 unspecified atom stereocenters. The van der Waals surface area contributed by atoms with E-state index in [1.165, 1.54) is 0 Å². The number of nitrogens with zero attached hydrogens (tertiary/aromatic N) is 3. The van der Waals surface area contributed by atoms with Gasteiger partial charge in [0.05, 0.1) is 0 Å². The van der Waals surface area contributed by atoms with Gasteiger partial charge in [-0.1, -0.05) is 6.92 Å². The molecule has 1 aromatic rings. The molecule has 0 spiro atoms. The zero-order chi connectivity index (χ0) is 14.5. The summed E-state index contributed by atoms with van der Waals surface area (Å²) in [5.41, 5.74) is 0. The molecule has 0 amide bonds. The molecule has 1 aliphatic rings. The maximum Gasteiger partial charge on any atom is 0.134 e. The summed E-state index contributed by atoms with van der Waals surface area (Å²) in [6.07, 6.45) is 0.992. The van der Waals surface area contributed by atoms with Crippen LogP contribution in [0.4, 0.5) is 11.6 Å². The van der Waals surface area contributed by atoms with Crippen molar-refractivity contribution in [3.63, 3.8) is 0 Å². The smallest absolute Gasteiger partial charge is 0.134 e. The van der Waals surface area contributed by atoms with E-state index in [1.54, 1.807) is 14.2 Å². The fourth-order valence-corrected chi connectivity index (χ4v) is 2.46. The highest BCUT2D eigenvalue weighted by molar-refractivity contribution is 5.50. The second-order valence-electron chi connectivity index (χ2n) is 4.86. The van der Waals surface area contributed by atoms with E-state index in [2.05, 4.69) is 34.0 Å². The van der Waals surface area contributed by atoms with Gasteiger partial charge in [0.1, 0.15) is 29.7 Å². The van der Waals surface area contributed by atoms with Gasteiger partial charge in [0.25, 0.3) is 0 Å². The molecule has 0 radical (unpaired) electrons. The molecule has 1 N–H and O–H groups in total. The highest BCUT2D eigenvalue weighted by Gasteiger charge is 2.33. The summed E-state index contributed by atoms with van der Waals surface area (Å²) in [5.74, 6) is 2.67. The second kappa shape index (κ2) is 6.85. The first kappa shape index (κ1) is 15.0. The average molecular weight is 280 g/mol. The van der Waals surface area contributed by atoms with E-state index in [1.807, 2.05) is 6.07 Å². The molecule has 0 saturated carbocycles. The molecule has 1 fully saturated rings. The summed E-state index contributed by atoms with van der Waals surface area (Å²) in [7, 11) is 3.45. The van der Waals surface area contributed by atoms with E-state index < -0.39 is 0 Å². The number of aromatic nitrogens is 2. The van der Waals surface area contributed by atoms with Gasteiger partial charge in [0, 0.05) is 46.3 Å². The van der Waals surface area contributed by atoms with E-state index in [0.717, 1.165) is 43.5 Å². The first-order valence-corrected chi connectivity index (χ1v) is 7.14. The number of anilines is 2. The molecule has 112 valence electrons. The number of aryl methyl sites for hydroxylation is 1. The van der Waals surface area contributed by atoms with E-state index >= 15 is 0 Å². The molecular formula is C14H24N4O2. The maximum absolute atomic E-state index is 5.47. The van der Waals surface area contributed by atoms with Crippen molar-refractivity contribution < 1.29 is 9.47 Å². The van der Waals surface area contributed by atoms with Gasteiger partial charge >= 0.3 is 0 Å². The Hall–Kier alpha value is -1.40. The molecule has 2 rings (SSSR count). The predicted octanol–water partition coefficient (Wildman–Crippen LogP) is 1.32. The first-order valence-electron chi connectivity index (χ1n) is 7.14. The molecule has 6 heteroatoms. The van der Waals surface area contributed by atoms with Crippen molar-refractivity contribution in [1.29, 1.82) is 0 Å². The Balaban J connectivity index is 2.21. The van der Waals surface area contributed by atoms with Gasteiger partial charge in [0.15, 0.2) is 0 Å². The maximum atomic E-state index is 5.47. The van der Waals surface area contributed by atoms with Crippen LogP contribution >= 0.6 is 0 Å². The monoisotopic (exact) mass is 280 g/mol. The third-order valence-corrected chi connectivity index (χ3v) is 3.58. The lowest BCUT2D eigenvalue weighted by Gasteiger charge is -2.18. The van der Waals surface area contributed by atoms with Crippen LogP contribution in [0.2, 0.25) is 0 Å². The van der Waals surface area contributed by atoms with Crippen LogP contribution < -0.4 is 10.2 Å². The molecule has 0 aromatic carbocycles. The quantitative estimate of drug-likeness (QED) is 0.848. The van der Waals surface area contributed by atoms with Crippen LogP contribution in [0, 0.1) is 0 Å². The van der Waals surface area contributed by atoms with E-state index in [9.17, 15) is 0 Å². The number of hydrogen-bond acceptors (Lipinski definition) is 6. The van der Waals surface area contributed by atoms with Gasteiger partial charge in [0.2, 0.25) is 0 Å². The summed E-state index contributed by atoms with van der Waals surface area (Å²) in [6.45, 7) is 6.56. The Morgan fingerprint density at radius 1 is 1.20 bits per heavy atom. The normalized spacial score (nSPS) is 22.3. The number of methoxy groups -OCH3 is 2. The lowest BCUT2D eigenvalue weighted by Crippen LogP contribution is -2.27. The number of rotatable bonds is 6. The molecule has 1 aliphatic heterocycles. The van der Waals surface area contributed by atoms with Crippen molar-refractivity contribution in [1.82, 2.24) is 9.97 Å². The minimum Gasteiger partial charge on any atom is -0.377 e. The SMILES string of the molecule is CCNc1cc(N2CC(OC)C(OC)C2)nc(CC)n1. The fourth-order valence-electron chi connectivity index (χ4n) is 2.46. The number of hydrogen-bond donors (Lipinski definition) is 1. The van der Waals surface area contributed by atoms with Crippen molar-refractivity contribution in [3.8, 4) is 0 Å². The summed E-state index contributed by atoms with van der Waals surface area (Å²) in [4.78, 5) is 11.3. The van der Waals surface area contributed by atoms with Gasteiger partial charge in [-0.15, -0.1) is 0 Å². The van der Waals surface area contributed by atoms with Crippen LogP contribution in [0.3, 0.4) is 0 Å². The molecule has 1 aromatic heterocycles. The zero-order valence-corrected chi connectivity index (χ0v) is 12.7. The molecule has 0 bridgehead atoms. The van der Waals surface area contributed by atoms with Gasteiger partial charge < -0.3 is 19.7 Å². The Morgan fingerprint density at radius 2 is 1.85 bits per heavy atom. The highest BCUT2D eigenvalue weighted by atomic mass is 16.5. The molecule has 20 heavy (non-hydrogen) atoms. The van der Waals surface area contributed by atoms with E-state index in [-0.39, 0.29) is 12.2 Å². The Bertz CT molecular complexity index is 429. The minimum absolute atomic E-state index is 0.0858. The van der Waals surface area contributed by atoms with Gasteiger partial charge in [-0.05, 0) is 6.92 Å². The van der Waals surface area contributed by atoms with Gasteiger partial charge in [-0.25, -0.2) is 9.97 Å². The topological polar surface area (TPSA) is 59.5 Å². The summed E-state index contributed by atoms with van der Waals surface area (Å²) in [5, 5.41) is 3.26. The molecule has 0 aliphatic carbocycles. The first-order chi connectivity index (χ1) is 9.71. The largest absolute Gasteiger partial charge is 0.377 e. The van der Waals surface area contributed by atoms with Crippen LogP contribution in [0.5, 0.6) is 0 Å². The van der Waals surface area contributed by atoms with Gasteiger partial charge in [-0.3, -0.25) is 0 Å². The van der Waals surface area contributed by atoms with Gasteiger partial charge in [-0.2, -0.15) is 0 Å². The Kier molecular flexibility index (Phi) is 5.14. The van der Waals surface area contributed by atoms with Crippen LogP contribution in [0.25, 0.3) is 0 Å². The Labute approximate surface area is 120 Å². The third-order valence-electron chi connectivity index (χ3n) is 3.58. The third kappa shape index (κ3) is 3.19. The zero-order valence-electron chi connectivity index (χ0n) is 12.7. The van der Waals surface area contributed by atoms with E-state index in [4.69, 9.17) is 9.47 Å². The van der Waals surface area contributed by atoms with E-state index in [0.29, 0.717) is 0 Å². The lowest BCUT2D eigenvalue weighted by molar-refractivity contribution is -0.00461. The fraction of sp³-hybridized carbons (Fsp3) is 0.714. The van der Waals surface area contributed by atoms with Crippen molar-refractivity contribution >= 4 is 11.6 Å². The van der Waals surface area contributed by atoms with Crippen molar-refractivity contribution in [3.05, 3.63) is 11.9 Å². The molecule has 2 atom stereocenters. The molecule has 6 nitrogen and oxygen atoms in total. The second-order valence-corrected chi connectivity index (χ2v) is 4.86. The number of ether oxygens (including phenoxy) is 2. The average Bonchev–Trinajstić information content (AvgIpc) is 2.90. The van der Waals surface area contributed by atoms with Crippen molar-refractivity contribution in [2.45, 2.75) is 32.5 Å². The standard InChI is InChI=1S/C14H24N4O2/c1-5-12-16-13(15-6-2)7-14(17-12)18-8-10(19-3)11(9-18)20-4/h7,10-11H,5-6,8-9H2,1-4H3,(H,15,16,17). The molecular weight excluding hydrogens is 256 g/mol. The van der Waals surface area contributed by atoms with Crippen molar-refractivity contribution in [2.24, 2.45) is 0 Å². The minimum atomic E-state index is 0.0858. The summed E-state index contributed by atoms with van der Waals surface area (Å²) in [6, 6.07) is 1.99. The molecule has 1 saturated heterocycles. The lowest BCUT2D eigenvalue weighted by atomic mass is 10.3. The van der Waals surface area contributed by atoms with Crippen LogP contribution in [-0.2, 0) is 15.9 Å². The van der Waals surface area contributed by atoms with Crippen LogP contribution in [0.15, 0.2) is 6.07 Å². The summed E-state index contributed by atoms with van der Waals surface area (Å²) < 4.78 is 10.9. The molecule has 2 heterocycles. The van der Waals surface area contributed by atoms with Crippen LogP contribution in [-0.4, -0.2) is 56.0 Å². The Morgan fingerprint density at radius 3 is 2.35 bits per heavy atom. The van der Waals surface area contributed by atoms with Crippen molar-refractivity contribution in [2.75, 3.05) is 44.1 Å². The van der Waals surface area contributed by atoms with Crippen LogP contribution in [0.1, 0.15) is 19.7 Å².